The number of aromatic nitrogens is 3. The first kappa shape index (κ1) is 22.7. The third-order valence-corrected chi connectivity index (χ3v) is 6.04. The normalized spacial score (nSPS) is 13.0. The smallest absolute Gasteiger partial charge is 0.219 e. The molecule has 5 rings (SSSR count). The summed E-state index contributed by atoms with van der Waals surface area (Å²) in [5.74, 6) is -0.0486. The zero-order valence-corrected chi connectivity index (χ0v) is 19.2. The minimum absolute atomic E-state index is 0.112. The van der Waals surface area contributed by atoms with Gasteiger partial charge in [-0.2, -0.15) is 5.10 Å². The average Bonchev–Trinajstić information content (AvgIpc) is 3.70. The molecule has 0 atom stereocenters. The largest absolute Gasteiger partial charge is 0.454 e. The molecule has 1 aliphatic rings. The third-order valence-electron chi connectivity index (χ3n) is 5.64. The van der Waals surface area contributed by atoms with Crippen molar-refractivity contribution in [1.82, 2.24) is 14.8 Å². The van der Waals surface area contributed by atoms with Crippen LogP contribution in [0.4, 0.5) is 10.1 Å². The molecule has 1 aliphatic carbocycles. The molecule has 0 radical (unpaired) electrons. The van der Waals surface area contributed by atoms with Crippen molar-refractivity contribution in [2.24, 2.45) is 0 Å². The monoisotopic (exact) mass is 490 g/mol. The molecule has 2 aromatic heterocycles. The number of Topliss-reactive ketones (excluding diaryl/α,β-unsaturated/α-hetero) is 1. The Hall–Kier alpha value is -4.04. The SMILES string of the molecule is Nc1cccc(Oc2ccc(CC(=O)c3nn(C4CC4)cc(-c4ccc(F)cc4)c3=O)nc2)c1Cl. The molecular weight excluding hydrogens is 471 g/mol. The second kappa shape index (κ2) is 9.31. The summed E-state index contributed by atoms with van der Waals surface area (Å²) in [6, 6.07) is 14.1. The van der Waals surface area contributed by atoms with Gasteiger partial charge in [0, 0.05) is 17.5 Å². The first-order valence-corrected chi connectivity index (χ1v) is 11.4. The molecule has 2 aromatic carbocycles. The van der Waals surface area contributed by atoms with Crippen LogP contribution in [0.1, 0.15) is 35.1 Å². The number of pyridine rings is 1. The fourth-order valence-electron chi connectivity index (χ4n) is 3.61. The van der Waals surface area contributed by atoms with E-state index in [4.69, 9.17) is 22.1 Å². The van der Waals surface area contributed by atoms with Gasteiger partial charge in [-0.05, 0) is 54.8 Å². The van der Waals surface area contributed by atoms with Crippen molar-refractivity contribution >= 4 is 23.1 Å². The number of anilines is 1. The fraction of sp³-hybridized carbons (Fsp3) is 0.154. The van der Waals surface area contributed by atoms with Gasteiger partial charge < -0.3 is 10.5 Å². The molecule has 0 unspecified atom stereocenters. The van der Waals surface area contributed by atoms with Crippen LogP contribution in [0.25, 0.3) is 11.1 Å². The van der Waals surface area contributed by atoms with Crippen molar-refractivity contribution < 1.29 is 13.9 Å². The van der Waals surface area contributed by atoms with Gasteiger partial charge >= 0.3 is 0 Å². The summed E-state index contributed by atoms with van der Waals surface area (Å²) in [6.45, 7) is 0. The fourth-order valence-corrected chi connectivity index (χ4v) is 3.77. The van der Waals surface area contributed by atoms with Gasteiger partial charge in [-0.25, -0.2) is 4.39 Å². The molecule has 7 nitrogen and oxygen atoms in total. The van der Waals surface area contributed by atoms with Crippen LogP contribution in [0.3, 0.4) is 0 Å². The van der Waals surface area contributed by atoms with Crippen LogP contribution < -0.4 is 15.9 Å². The summed E-state index contributed by atoms with van der Waals surface area (Å²) in [4.78, 5) is 30.5. The number of carbonyl (C=O) groups is 1. The lowest BCUT2D eigenvalue weighted by molar-refractivity contribution is 0.0983. The zero-order chi connectivity index (χ0) is 24.5. The molecule has 0 amide bonds. The van der Waals surface area contributed by atoms with Gasteiger partial charge in [0.1, 0.15) is 22.3 Å². The van der Waals surface area contributed by atoms with E-state index < -0.39 is 17.0 Å². The highest BCUT2D eigenvalue weighted by Gasteiger charge is 2.27. The predicted molar refractivity (Wildman–Crippen MR) is 130 cm³/mol. The number of nitrogens with two attached hydrogens (primary N) is 1. The minimum atomic E-state index is -0.491. The maximum Gasteiger partial charge on any atom is 0.219 e. The standard InChI is InChI=1S/C26H20ClFN4O3/c27-24-21(29)2-1-3-23(24)35-19-11-8-17(30-13-19)12-22(33)25-26(34)20(14-32(31-25)18-9-10-18)15-4-6-16(28)7-5-15/h1-8,11,13-14,18H,9-10,12,29H2. The quantitative estimate of drug-likeness (QED) is 0.281. The van der Waals surface area contributed by atoms with Crippen molar-refractivity contribution in [2.45, 2.75) is 25.3 Å². The summed E-state index contributed by atoms with van der Waals surface area (Å²) in [7, 11) is 0. The topological polar surface area (TPSA) is 100 Å². The Labute approximate surface area is 205 Å². The number of rotatable bonds is 7. The van der Waals surface area contributed by atoms with Crippen molar-refractivity contribution in [2.75, 3.05) is 5.73 Å². The number of hydrogen-bond donors (Lipinski definition) is 1. The van der Waals surface area contributed by atoms with Crippen LogP contribution in [-0.4, -0.2) is 20.5 Å². The van der Waals surface area contributed by atoms with Gasteiger partial charge in [-0.3, -0.25) is 19.3 Å². The highest BCUT2D eigenvalue weighted by Crippen LogP contribution is 2.35. The molecule has 0 spiro atoms. The van der Waals surface area contributed by atoms with E-state index in [0.29, 0.717) is 39.0 Å². The number of carbonyl (C=O) groups excluding carboxylic acids is 1. The second-order valence-corrected chi connectivity index (χ2v) is 8.66. The molecule has 0 saturated heterocycles. The lowest BCUT2D eigenvalue weighted by Crippen LogP contribution is -2.25. The lowest BCUT2D eigenvalue weighted by atomic mass is 10.0. The zero-order valence-electron chi connectivity index (χ0n) is 18.4. The van der Waals surface area contributed by atoms with E-state index in [1.54, 1.807) is 41.2 Å². The maximum atomic E-state index is 13.4. The van der Waals surface area contributed by atoms with E-state index in [1.165, 1.54) is 30.5 Å². The molecule has 4 aromatic rings. The average molecular weight is 491 g/mol. The molecule has 9 heteroatoms. The molecule has 2 N–H and O–H groups in total. The van der Waals surface area contributed by atoms with Crippen LogP contribution in [0.15, 0.2) is 71.8 Å². The first-order chi connectivity index (χ1) is 16.9. The first-order valence-electron chi connectivity index (χ1n) is 11.0. The summed E-state index contributed by atoms with van der Waals surface area (Å²) < 4.78 is 20.8. The number of ketones is 1. The number of benzene rings is 2. The Morgan fingerprint density at radius 2 is 1.91 bits per heavy atom. The Kier molecular flexibility index (Phi) is 6.05. The number of ether oxygens (including phenoxy) is 1. The van der Waals surface area contributed by atoms with Gasteiger partial charge in [0.2, 0.25) is 5.43 Å². The van der Waals surface area contributed by atoms with E-state index in [2.05, 4.69) is 10.1 Å². The van der Waals surface area contributed by atoms with Crippen LogP contribution in [0.5, 0.6) is 11.5 Å². The van der Waals surface area contributed by atoms with Crippen LogP contribution >= 0.6 is 11.6 Å². The van der Waals surface area contributed by atoms with E-state index >= 15 is 0 Å². The van der Waals surface area contributed by atoms with Crippen molar-refractivity contribution in [3.63, 3.8) is 0 Å². The summed E-state index contributed by atoms with van der Waals surface area (Å²) in [5, 5.41) is 4.62. The summed E-state index contributed by atoms with van der Waals surface area (Å²) in [6.07, 6.45) is 4.83. The van der Waals surface area contributed by atoms with E-state index in [1.807, 2.05) is 0 Å². The number of hydrogen-bond acceptors (Lipinski definition) is 6. The van der Waals surface area contributed by atoms with Crippen LogP contribution in [0, 0.1) is 5.82 Å². The van der Waals surface area contributed by atoms with Crippen molar-refractivity contribution in [3.8, 4) is 22.6 Å². The maximum absolute atomic E-state index is 13.4. The van der Waals surface area contributed by atoms with Gasteiger partial charge in [-0.1, -0.05) is 29.8 Å². The number of halogens is 2. The van der Waals surface area contributed by atoms with Gasteiger partial charge in [0.25, 0.3) is 0 Å². The van der Waals surface area contributed by atoms with E-state index in [9.17, 15) is 14.0 Å². The second-order valence-electron chi connectivity index (χ2n) is 8.29. The van der Waals surface area contributed by atoms with E-state index in [-0.39, 0.29) is 18.2 Å². The Morgan fingerprint density at radius 3 is 2.60 bits per heavy atom. The van der Waals surface area contributed by atoms with Gasteiger partial charge in [0.05, 0.1) is 24.3 Å². The molecule has 0 bridgehead atoms. The van der Waals surface area contributed by atoms with Gasteiger partial charge in [0.15, 0.2) is 11.5 Å². The van der Waals surface area contributed by atoms with Crippen LogP contribution in [-0.2, 0) is 6.42 Å². The molecule has 0 aliphatic heterocycles. The van der Waals surface area contributed by atoms with E-state index in [0.717, 1.165) is 12.8 Å². The summed E-state index contributed by atoms with van der Waals surface area (Å²) >= 11 is 6.16. The highest BCUT2D eigenvalue weighted by atomic mass is 35.5. The molecule has 35 heavy (non-hydrogen) atoms. The van der Waals surface area contributed by atoms with Crippen LogP contribution in [0.2, 0.25) is 5.02 Å². The Bertz CT molecular complexity index is 1470. The molecule has 1 fully saturated rings. The number of nitrogen functional groups attached to an aromatic ring is 1. The predicted octanol–water partition coefficient (Wildman–Crippen LogP) is 5.23. The highest BCUT2D eigenvalue weighted by molar-refractivity contribution is 6.34. The summed E-state index contributed by atoms with van der Waals surface area (Å²) in [5.41, 5.74) is 6.83. The Morgan fingerprint density at radius 1 is 1.14 bits per heavy atom. The minimum Gasteiger partial charge on any atom is -0.454 e. The van der Waals surface area contributed by atoms with Crippen molar-refractivity contribution in [1.29, 1.82) is 0 Å². The van der Waals surface area contributed by atoms with Gasteiger partial charge in [-0.15, -0.1) is 0 Å². The molecular formula is C26H20ClFN4O3. The number of nitrogens with zero attached hydrogens (tertiary/aromatic N) is 3. The molecule has 2 heterocycles. The molecule has 176 valence electrons. The third kappa shape index (κ3) is 4.93. The van der Waals surface area contributed by atoms with Crippen molar-refractivity contribution in [3.05, 3.63) is 99.4 Å². The lowest BCUT2D eigenvalue weighted by Gasteiger charge is -2.11. The Balaban J connectivity index is 1.39. The molecule has 1 saturated carbocycles.